The summed E-state index contributed by atoms with van der Waals surface area (Å²) in [5.74, 6) is -1.82. The number of benzene rings is 1. The molecule has 0 aliphatic carbocycles. The Morgan fingerprint density at radius 3 is 2.50 bits per heavy atom. The largest absolute Gasteiger partial charge is 0.484 e. The van der Waals surface area contributed by atoms with Crippen LogP contribution in [-0.4, -0.2) is 42.6 Å². The Kier molecular flexibility index (Phi) is 6.31. The third-order valence-corrected chi connectivity index (χ3v) is 2.28. The van der Waals surface area contributed by atoms with Gasteiger partial charge in [-0.3, -0.25) is 14.4 Å². The molecule has 0 saturated carbocycles. The van der Waals surface area contributed by atoms with Crippen LogP contribution >= 0.6 is 11.6 Å². The van der Waals surface area contributed by atoms with E-state index >= 15 is 0 Å². The van der Waals surface area contributed by atoms with Crippen molar-refractivity contribution in [3.8, 4) is 5.75 Å². The molecule has 0 unspecified atom stereocenters. The molecule has 108 valence electrons. The van der Waals surface area contributed by atoms with Crippen LogP contribution in [0.1, 0.15) is 0 Å². The highest BCUT2D eigenvalue weighted by Gasteiger charge is 2.07. The van der Waals surface area contributed by atoms with Gasteiger partial charge < -0.3 is 20.5 Å². The average molecular weight is 301 g/mol. The molecule has 1 aromatic rings. The Morgan fingerprint density at radius 2 is 1.85 bits per heavy atom. The van der Waals surface area contributed by atoms with Gasteiger partial charge in [-0.15, -0.1) is 0 Å². The molecule has 0 saturated heterocycles. The van der Waals surface area contributed by atoms with Crippen molar-refractivity contribution in [1.82, 2.24) is 10.6 Å². The lowest BCUT2D eigenvalue weighted by Crippen LogP contribution is -2.40. The fourth-order valence-electron chi connectivity index (χ4n) is 1.17. The van der Waals surface area contributed by atoms with Crippen LogP contribution in [0.2, 0.25) is 5.02 Å². The molecule has 0 aliphatic rings. The second-order valence-corrected chi connectivity index (χ2v) is 4.13. The van der Waals surface area contributed by atoms with Crippen LogP contribution in [-0.2, 0) is 14.4 Å². The summed E-state index contributed by atoms with van der Waals surface area (Å²) in [7, 11) is 0. The van der Waals surface area contributed by atoms with Crippen LogP contribution in [0, 0.1) is 0 Å². The summed E-state index contributed by atoms with van der Waals surface area (Å²) in [5.41, 5.74) is 0. The fourth-order valence-corrected chi connectivity index (χ4v) is 1.35. The van der Waals surface area contributed by atoms with Crippen molar-refractivity contribution in [3.05, 3.63) is 29.3 Å². The van der Waals surface area contributed by atoms with Gasteiger partial charge in [0, 0.05) is 5.02 Å². The summed E-state index contributed by atoms with van der Waals surface area (Å²) in [6.07, 6.45) is 0. The molecular weight excluding hydrogens is 288 g/mol. The maximum atomic E-state index is 11.4. The number of amides is 2. The van der Waals surface area contributed by atoms with E-state index in [2.05, 4.69) is 10.6 Å². The predicted octanol–water partition coefficient (Wildman–Crippen LogP) is 0.0358. The van der Waals surface area contributed by atoms with Crippen LogP contribution in [0.3, 0.4) is 0 Å². The van der Waals surface area contributed by atoms with Gasteiger partial charge in [0.2, 0.25) is 5.91 Å². The maximum absolute atomic E-state index is 11.4. The molecule has 1 rings (SSSR count). The third-order valence-electron chi connectivity index (χ3n) is 2.05. The third kappa shape index (κ3) is 6.60. The zero-order chi connectivity index (χ0) is 15.0. The first-order valence-corrected chi connectivity index (χ1v) is 5.98. The topological polar surface area (TPSA) is 105 Å². The molecule has 7 nitrogen and oxygen atoms in total. The van der Waals surface area contributed by atoms with E-state index in [1.807, 2.05) is 0 Å². The Bertz CT molecular complexity index is 506. The van der Waals surface area contributed by atoms with Gasteiger partial charge in [0.25, 0.3) is 5.91 Å². The smallest absolute Gasteiger partial charge is 0.322 e. The van der Waals surface area contributed by atoms with E-state index in [0.29, 0.717) is 10.8 Å². The summed E-state index contributed by atoms with van der Waals surface area (Å²) in [6.45, 7) is -1.08. The van der Waals surface area contributed by atoms with Crippen LogP contribution in [0.15, 0.2) is 24.3 Å². The summed E-state index contributed by atoms with van der Waals surface area (Å²) in [5, 5.41) is 13.2. The fraction of sp³-hybridized carbons (Fsp3) is 0.250. The van der Waals surface area contributed by atoms with Crippen molar-refractivity contribution < 1.29 is 24.2 Å². The van der Waals surface area contributed by atoms with Gasteiger partial charge in [0.05, 0.1) is 6.54 Å². The molecule has 3 N–H and O–H groups in total. The molecule has 0 heterocycles. The summed E-state index contributed by atoms with van der Waals surface area (Å²) < 4.78 is 5.16. The number of nitrogens with one attached hydrogen (secondary N) is 2. The Balaban J connectivity index is 2.23. The number of ether oxygens (including phenoxy) is 1. The molecule has 8 heteroatoms. The van der Waals surface area contributed by atoms with Crippen LogP contribution < -0.4 is 15.4 Å². The number of hydrogen-bond donors (Lipinski definition) is 3. The number of hydrogen-bond acceptors (Lipinski definition) is 4. The van der Waals surface area contributed by atoms with Crippen LogP contribution in [0.5, 0.6) is 5.75 Å². The number of carboxylic acids is 1. The average Bonchev–Trinajstić information content (AvgIpc) is 2.40. The van der Waals surface area contributed by atoms with Gasteiger partial charge >= 0.3 is 5.97 Å². The molecule has 0 atom stereocenters. The van der Waals surface area contributed by atoms with Gasteiger partial charge in [-0.05, 0) is 18.2 Å². The van der Waals surface area contributed by atoms with E-state index < -0.39 is 24.3 Å². The van der Waals surface area contributed by atoms with Gasteiger partial charge in [0.15, 0.2) is 6.61 Å². The summed E-state index contributed by atoms with van der Waals surface area (Å²) in [4.78, 5) is 32.7. The second kappa shape index (κ2) is 8.00. The number of carboxylic acid groups (broad SMARTS) is 1. The van der Waals surface area contributed by atoms with Crippen LogP contribution in [0.25, 0.3) is 0 Å². The molecule has 0 fully saturated rings. The number of aliphatic carboxylic acids is 1. The minimum Gasteiger partial charge on any atom is -0.484 e. The lowest BCUT2D eigenvalue weighted by molar-refractivity contribution is -0.137. The molecule has 1 aromatic carbocycles. The van der Waals surface area contributed by atoms with E-state index in [9.17, 15) is 14.4 Å². The van der Waals surface area contributed by atoms with Crippen molar-refractivity contribution in [2.75, 3.05) is 19.7 Å². The first kappa shape index (κ1) is 15.8. The van der Waals surface area contributed by atoms with Crippen molar-refractivity contribution >= 4 is 29.4 Å². The lowest BCUT2D eigenvalue weighted by Gasteiger charge is -2.07. The van der Waals surface area contributed by atoms with Crippen molar-refractivity contribution in [3.63, 3.8) is 0 Å². The van der Waals surface area contributed by atoms with E-state index in [1.54, 1.807) is 24.3 Å². The number of halogens is 1. The normalized spacial score (nSPS) is 9.65. The molecule has 0 spiro atoms. The van der Waals surface area contributed by atoms with E-state index in [-0.39, 0.29) is 13.2 Å². The highest BCUT2D eigenvalue weighted by Crippen LogP contribution is 2.16. The standard InChI is InChI=1S/C12H13ClN2O5/c13-8-2-1-3-9(4-8)20-7-11(17)14-5-10(16)15-6-12(18)19/h1-4H,5-7H2,(H,14,17)(H,15,16)(H,18,19). The zero-order valence-electron chi connectivity index (χ0n) is 10.4. The van der Waals surface area contributed by atoms with Crippen molar-refractivity contribution in [2.24, 2.45) is 0 Å². The predicted molar refractivity (Wildman–Crippen MR) is 70.6 cm³/mol. The minimum atomic E-state index is -1.16. The first-order valence-electron chi connectivity index (χ1n) is 5.61. The lowest BCUT2D eigenvalue weighted by atomic mass is 10.3. The Hall–Kier alpha value is -2.28. The van der Waals surface area contributed by atoms with E-state index in [1.165, 1.54) is 0 Å². The quantitative estimate of drug-likeness (QED) is 0.659. The van der Waals surface area contributed by atoms with Crippen molar-refractivity contribution in [1.29, 1.82) is 0 Å². The Labute approximate surface area is 119 Å². The van der Waals surface area contributed by atoms with Gasteiger partial charge in [-0.25, -0.2) is 0 Å². The molecule has 0 radical (unpaired) electrons. The first-order chi connectivity index (χ1) is 9.47. The van der Waals surface area contributed by atoms with Crippen LogP contribution in [0.4, 0.5) is 0 Å². The van der Waals surface area contributed by atoms with Gasteiger partial charge in [-0.2, -0.15) is 0 Å². The summed E-state index contributed by atoms with van der Waals surface area (Å²) >= 11 is 5.74. The molecular formula is C12H13ClN2O5. The van der Waals surface area contributed by atoms with Crippen molar-refractivity contribution in [2.45, 2.75) is 0 Å². The summed E-state index contributed by atoms with van der Waals surface area (Å²) in [6, 6.07) is 6.53. The number of carbonyl (C=O) groups is 3. The zero-order valence-corrected chi connectivity index (χ0v) is 11.1. The van der Waals surface area contributed by atoms with Gasteiger partial charge in [-0.1, -0.05) is 17.7 Å². The molecule has 2 amide bonds. The molecule has 0 aromatic heterocycles. The maximum Gasteiger partial charge on any atom is 0.322 e. The molecule has 0 bridgehead atoms. The SMILES string of the molecule is O=C(O)CNC(=O)CNC(=O)COc1cccc(Cl)c1. The Morgan fingerprint density at radius 1 is 1.15 bits per heavy atom. The number of rotatable bonds is 7. The monoisotopic (exact) mass is 300 g/mol. The van der Waals surface area contributed by atoms with Gasteiger partial charge in [0.1, 0.15) is 12.3 Å². The minimum absolute atomic E-state index is 0.271. The second-order valence-electron chi connectivity index (χ2n) is 3.69. The van der Waals surface area contributed by atoms with E-state index in [0.717, 1.165) is 0 Å². The molecule has 20 heavy (non-hydrogen) atoms. The highest BCUT2D eigenvalue weighted by atomic mass is 35.5. The highest BCUT2D eigenvalue weighted by molar-refractivity contribution is 6.30. The number of carbonyl (C=O) groups excluding carboxylic acids is 2. The van der Waals surface area contributed by atoms with E-state index in [4.69, 9.17) is 21.4 Å². The molecule has 0 aliphatic heterocycles.